The fourth-order valence-electron chi connectivity index (χ4n) is 3.80. The molecule has 0 atom stereocenters. The standard InChI is InChI=1S/C23H21F3N2O4S2/c1-32-22(29)20-15-19(21(33-20)23(24,25)26)16-7-9-18(10-8-16)34(30,31)28-13-11-27(12-14-28)17-5-3-2-4-6-17/h2-10,15H,11-14H2,1H3. The van der Waals surface area contributed by atoms with Crippen LogP contribution >= 0.6 is 11.3 Å². The van der Waals surface area contributed by atoms with Crippen molar-refractivity contribution in [3.63, 3.8) is 0 Å². The number of carbonyl (C=O) groups is 1. The summed E-state index contributed by atoms with van der Waals surface area (Å²) in [5.41, 5.74) is 0.983. The Bertz CT molecular complexity index is 1270. The quantitative estimate of drug-likeness (QED) is 0.465. The summed E-state index contributed by atoms with van der Waals surface area (Å²) in [7, 11) is -2.71. The summed E-state index contributed by atoms with van der Waals surface area (Å²) in [4.78, 5) is 12.7. The highest BCUT2D eigenvalue weighted by Crippen LogP contribution is 2.43. The molecule has 180 valence electrons. The molecule has 34 heavy (non-hydrogen) atoms. The minimum absolute atomic E-state index is 0.00129. The predicted molar refractivity (Wildman–Crippen MR) is 124 cm³/mol. The number of sulfonamides is 1. The van der Waals surface area contributed by atoms with Gasteiger partial charge in [-0.15, -0.1) is 11.3 Å². The first-order valence-corrected chi connectivity index (χ1v) is 12.6. The summed E-state index contributed by atoms with van der Waals surface area (Å²) in [5, 5.41) is 0. The zero-order valence-electron chi connectivity index (χ0n) is 18.1. The predicted octanol–water partition coefficient (Wildman–Crippen LogP) is 4.73. The fourth-order valence-corrected chi connectivity index (χ4v) is 6.19. The molecule has 0 radical (unpaired) electrons. The molecule has 11 heteroatoms. The number of para-hydroxylation sites is 1. The molecule has 0 unspecified atom stereocenters. The second-order valence-corrected chi connectivity index (χ2v) is 10.6. The van der Waals surface area contributed by atoms with Crippen LogP contribution in [0.25, 0.3) is 11.1 Å². The van der Waals surface area contributed by atoms with Gasteiger partial charge in [0.2, 0.25) is 10.0 Å². The molecular weight excluding hydrogens is 489 g/mol. The van der Waals surface area contributed by atoms with Crippen LogP contribution in [0.4, 0.5) is 18.9 Å². The zero-order chi connectivity index (χ0) is 24.5. The lowest BCUT2D eigenvalue weighted by Gasteiger charge is -2.35. The molecule has 0 aliphatic carbocycles. The highest BCUT2D eigenvalue weighted by molar-refractivity contribution is 7.89. The number of rotatable bonds is 5. The van der Waals surface area contributed by atoms with Gasteiger partial charge in [-0.3, -0.25) is 0 Å². The van der Waals surface area contributed by atoms with Crippen molar-refractivity contribution in [3.05, 3.63) is 70.4 Å². The second kappa shape index (κ2) is 9.40. The maximum atomic E-state index is 13.5. The molecule has 1 saturated heterocycles. The molecule has 0 N–H and O–H groups in total. The van der Waals surface area contributed by atoms with Crippen LogP contribution in [0.2, 0.25) is 0 Å². The first-order valence-electron chi connectivity index (χ1n) is 10.3. The van der Waals surface area contributed by atoms with E-state index in [9.17, 15) is 26.4 Å². The van der Waals surface area contributed by atoms with Gasteiger partial charge in [-0.25, -0.2) is 13.2 Å². The van der Waals surface area contributed by atoms with Gasteiger partial charge in [0.25, 0.3) is 0 Å². The van der Waals surface area contributed by atoms with Crippen LogP contribution in [0.15, 0.2) is 65.6 Å². The Morgan fingerprint density at radius 1 is 0.971 bits per heavy atom. The summed E-state index contributed by atoms with van der Waals surface area (Å²) < 4.78 is 72.7. The van der Waals surface area contributed by atoms with E-state index in [0.717, 1.165) is 18.9 Å². The third-order valence-corrected chi connectivity index (χ3v) is 8.61. The van der Waals surface area contributed by atoms with Crippen molar-refractivity contribution in [1.29, 1.82) is 0 Å². The molecule has 0 amide bonds. The van der Waals surface area contributed by atoms with Crippen molar-refractivity contribution in [3.8, 4) is 11.1 Å². The number of alkyl halides is 3. The molecule has 6 nitrogen and oxygen atoms in total. The van der Waals surface area contributed by atoms with Gasteiger partial charge in [0.15, 0.2) is 0 Å². The number of esters is 1. The molecular formula is C23H21F3N2O4S2. The first-order chi connectivity index (χ1) is 16.1. The monoisotopic (exact) mass is 510 g/mol. The number of carbonyl (C=O) groups excluding carboxylic acids is 1. The van der Waals surface area contributed by atoms with Gasteiger partial charge in [-0.2, -0.15) is 17.5 Å². The SMILES string of the molecule is COC(=O)c1cc(-c2ccc(S(=O)(=O)N3CCN(c4ccccc4)CC3)cc2)c(C(F)(F)F)s1. The van der Waals surface area contributed by atoms with E-state index in [2.05, 4.69) is 9.64 Å². The number of thiophene rings is 1. The Morgan fingerprint density at radius 3 is 2.15 bits per heavy atom. The molecule has 1 aliphatic rings. The van der Waals surface area contributed by atoms with Crippen LogP contribution in [0.1, 0.15) is 14.5 Å². The number of hydrogen-bond acceptors (Lipinski definition) is 6. The van der Waals surface area contributed by atoms with E-state index in [1.165, 1.54) is 28.6 Å². The van der Waals surface area contributed by atoms with Crippen LogP contribution in [0.3, 0.4) is 0 Å². The van der Waals surface area contributed by atoms with E-state index in [0.29, 0.717) is 37.5 Å². The van der Waals surface area contributed by atoms with Gasteiger partial charge in [0, 0.05) is 37.4 Å². The Labute approximate surface area is 199 Å². The van der Waals surface area contributed by atoms with Crippen LogP contribution in [-0.2, 0) is 20.9 Å². The van der Waals surface area contributed by atoms with Gasteiger partial charge in [0.1, 0.15) is 9.75 Å². The summed E-state index contributed by atoms with van der Waals surface area (Å²) in [6, 6.07) is 16.0. The summed E-state index contributed by atoms with van der Waals surface area (Å²) in [6.07, 6.45) is -4.67. The normalized spacial score (nSPS) is 15.4. The number of hydrogen-bond donors (Lipinski definition) is 0. The van der Waals surface area contributed by atoms with Crippen LogP contribution < -0.4 is 4.90 Å². The van der Waals surface area contributed by atoms with Crippen molar-refractivity contribution < 1.29 is 31.1 Å². The lowest BCUT2D eigenvalue weighted by Crippen LogP contribution is -2.48. The van der Waals surface area contributed by atoms with Gasteiger partial charge in [-0.05, 0) is 35.9 Å². The van der Waals surface area contributed by atoms with Crippen LogP contribution in [0, 0.1) is 0 Å². The Balaban J connectivity index is 1.55. The maximum Gasteiger partial charge on any atom is 0.426 e. The van der Waals surface area contributed by atoms with Gasteiger partial charge >= 0.3 is 12.1 Å². The zero-order valence-corrected chi connectivity index (χ0v) is 19.7. The van der Waals surface area contributed by atoms with Gasteiger partial charge in [-0.1, -0.05) is 30.3 Å². The molecule has 0 bridgehead atoms. The molecule has 1 aliphatic heterocycles. The minimum atomic E-state index is -4.67. The van der Waals surface area contributed by atoms with Crippen LogP contribution in [-0.4, -0.2) is 52.0 Å². The lowest BCUT2D eigenvalue weighted by atomic mass is 10.1. The highest BCUT2D eigenvalue weighted by Gasteiger charge is 2.37. The molecule has 1 fully saturated rings. The maximum absolute atomic E-state index is 13.5. The number of ether oxygens (including phenoxy) is 1. The average Bonchev–Trinajstić information content (AvgIpc) is 3.31. The number of anilines is 1. The third kappa shape index (κ3) is 4.82. The Hall–Kier alpha value is -2.89. The summed E-state index contributed by atoms with van der Waals surface area (Å²) in [5.74, 6) is -0.865. The fraction of sp³-hybridized carbons (Fsp3) is 0.261. The van der Waals surface area contributed by atoms with E-state index >= 15 is 0 Å². The first kappa shape index (κ1) is 24.2. The smallest absolute Gasteiger partial charge is 0.426 e. The van der Waals surface area contributed by atoms with Crippen molar-refractivity contribution in [2.75, 3.05) is 38.2 Å². The van der Waals surface area contributed by atoms with Crippen molar-refractivity contribution >= 4 is 33.0 Å². The third-order valence-electron chi connectivity index (χ3n) is 5.54. The van der Waals surface area contributed by atoms with Gasteiger partial charge < -0.3 is 9.64 Å². The van der Waals surface area contributed by atoms with E-state index < -0.39 is 27.0 Å². The topological polar surface area (TPSA) is 66.9 Å². The van der Waals surface area contributed by atoms with E-state index in [4.69, 9.17) is 0 Å². The molecule has 3 aromatic rings. The largest absolute Gasteiger partial charge is 0.465 e. The van der Waals surface area contributed by atoms with Crippen molar-refractivity contribution in [2.24, 2.45) is 0 Å². The molecule has 2 heterocycles. The molecule has 0 saturated carbocycles. The minimum Gasteiger partial charge on any atom is -0.465 e. The Kier molecular flexibility index (Phi) is 6.70. The number of methoxy groups -OCH3 is 1. The summed E-state index contributed by atoms with van der Waals surface area (Å²) in [6.45, 7) is 1.65. The van der Waals surface area contributed by atoms with E-state index in [-0.39, 0.29) is 20.9 Å². The number of nitrogens with zero attached hydrogens (tertiary/aromatic N) is 2. The van der Waals surface area contributed by atoms with E-state index in [1.807, 2.05) is 30.3 Å². The van der Waals surface area contributed by atoms with Crippen molar-refractivity contribution in [1.82, 2.24) is 4.31 Å². The molecule has 0 spiro atoms. The lowest BCUT2D eigenvalue weighted by molar-refractivity contribution is -0.133. The number of benzene rings is 2. The highest BCUT2D eigenvalue weighted by atomic mass is 32.2. The van der Waals surface area contributed by atoms with Gasteiger partial charge in [0.05, 0.1) is 12.0 Å². The van der Waals surface area contributed by atoms with E-state index in [1.54, 1.807) is 0 Å². The number of piperazine rings is 1. The second-order valence-electron chi connectivity index (χ2n) is 7.59. The molecule has 4 rings (SSSR count). The average molecular weight is 511 g/mol. The number of halogens is 3. The Morgan fingerprint density at radius 2 is 1.59 bits per heavy atom. The summed E-state index contributed by atoms with van der Waals surface area (Å²) >= 11 is 0.294. The molecule has 2 aromatic carbocycles. The molecule has 1 aromatic heterocycles. The van der Waals surface area contributed by atoms with Crippen molar-refractivity contribution in [2.45, 2.75) is 11.1 Å². The van der Waals surface area contributed by atoms with Crippen LogP contribution in [0.5, 0.6) is 0 Å².